The number of nitriles is 1. The third kappa shape index (κ3) is 4.90. The van der Waals surface area contributed by atoms with Gasteiger partial charge >= 0.3 is 0 Å². The predicted molar refractivity (Wildman–Crippen MR) is 56.3 cm³/mol. The minimum atomic E-state index is 0.114. The lowest BCUT2D eigenvalue weighted by Crippen LogP contribution is -2.35. The van der Waals surface area contributed by atoms with Crippen molar-refractivity contribution in [3.8, 4) is 6.07 Å². The van der Waals surface area contributed by atoms with Crippen molar-refractivity contribution in [1.29, 1.82) is 5.26 Å². The number of hydrogen-bond donors (Lipinski definition) is 1. The van der Waals surface area contributed by atoms with Crippen LogP contribution in [0.4, 0.5) is 0 Å². The molecule has 0 saturated heterocycles. The molecule has 1 atom stereocenters. The summed E-state index contributed by atoms with van der Waals surface area (Å²) >= 11 is 0. The maximum absolute atomic E-state index is 8.58. The lowest BCUT2D eigenvalue weighted by molar-refractivity contribution is 0.237. The summed E-state index contributed by atoms with van der Waals surface area (Å²) in [7, 11) is 0. The zero-order chi connectivity index (χ0) is 10.5. The van der Waals surface area contributed by atoms with Gasteiger partial charge in [0, 0.05) is 13.1 Å². The summed E-state index contributed by atoms with van der Waals surface area (Å²) in [4.78, 5) is 0. The molecule has 0 rings (SSSR count). The molecule has 0 fully saturated rings. The van der Waals surface area contributed by atoms with Gasteiger partial charge in [-0.3, -0.25) is 0 Å². The standard InChI is InChI=1S/C11H22N2/c1-9(2)11(4,5)8-13-7-10(3)6-12/h9-10,13H,7-8H2,1-5H3. The van der Waals surface area contributed by atoms with Gasteiger partial charge in [0.05, 0.1) is 12.0 Å². The lowest BCUT2D eigenvalue weighted by Gasteiger charge is -2.29. The van der Waals surface area contributed by atoms with Crippen LogP contribution in [0.25, 0.3) is 0 Å². The number of rotatable bonds is 5. The first-order chi connectivity index (χ1) is 5.90. The van der Waals surface area contributed by atoms with Crippen LogP contribution < -0.4 is 5.32 Å². The van der Waals surface area contributed by atoms with Crippen LogP contribution in [0.15, 0.2) is 0 Å². The van der Waals surface area contributed by atoms with Gasteiger partial charge in [-0.05, 0) is 18.3 Å². The van der Waals surface area contributed by atoms with Crippen LogP contribution in [0.2, 0.25) is 0 Å². The van der Waals surface area contributed by atoms with Gasteiger partial charge in [0.15, 0.2) is 0 Å². The molecule has 0 heterocycles. The van der Waals surface area contributed by atoms with Crippen LogP contribution in [0.1, 0.15) is 34.6 Å². The van der Waals surface area contributed by atoms with Crippen molar-refractivity contribution in [2.75, 3.05) is 13.1 Å². The molecule has 13 heavy (non-hydrogen) atoms. The first-order valence-electron chi connectivity index (χ1n) is 5.00. The Bertz CT molecular complexity index is 177. The first-order valence-corrected chi connectivity index (χ1v) is 5.00. The van der Waals surface area contributed by atoms with Crippen molar-refractivity contribution in [2.45, 2.75) is 34.6 Å². The van der Waals surface area contributed by atoms with Crippen LogP contribution in [-0.4, -0.2) is 13.1 Å². The van der Waals surface area contributed by atoms with Crippen molar-refractivity contribution in [2.24, 2.45) is 17.3 Å². The smallest absolute Gasteiger partial charge is 0.0666 e. The molecule has 0 aliphatic carbocycles. The maximum Gasteiger partial charge on any atom is 0.0666 e. The van der Waals surface area contributed by atoms with Crippen LogP contribution in [0.3, 0.4) is 0 Å². The van der Waals surface area contributed by atoms with Crippen LogP contribution >= 0.6 is 0 Å². The first kappa shape index (κ1) is 12.4. The van der Waals surface area contributed by atoms with E-state index in [-0.39, 0.29) is 5.92 Å². The minimum Gasteiger partial charge on any atom is -0.315 e. The quantitative estimate of drug-likeness (QED) is 0.708. The van der Waals surface area contributed by atoms with E-state index in [1.165, 1.54) is 0 Å². The van der Waals surface area contributed by atoms with Crippen molar-refractivity contribution in [3.63, 3.8) is 0 Å². The van der Waals surface area contributed by atoms with Crippen molar-refractivity contribution < 1.29 is 0 Å². The third-order valence-corrected chi connectivity index (χ3v) is 2.81. The average Bonchev–Trinajstić information content (AvgIpc) is 2.03. The second-order valence-corrected chi connectivity index (χ2v) is 4.80. The molecule has 2 heteroatoms. The Morgan fingerprint density at radius 2 is 1.85 bits per heavy atom. The predicted octanol–water partition coefficient (Wildman–Crippen LogP) is 2.42. The van der Waals surface area contributed by atoms with E-state index in [1.54, 1.807) is 0 Å². The second kappa shape index (κ2) is 5.24. The SMILES string of the molecule is CC(C#N)CNCC(C)(C)C(C)C. The van der Waals surface area contributed by atoms with E-state index in [9.17, 15) is 0 Å². The van der Waals surface area contributed by atoms with Crippen LogP contribution in [-0.2, 0) is 0 Å². The van der Waals surface area contributed by atoms with E-state index in [0.717, 1.165) is 13.1 Å². The lowest BCUT2D eigenvalue weighted by atomic mass is 9.81. The molecule has 2 nitrogen and oxygen atoms in total. The third-order valence-electron chi connectivity index (χ3n) is 2.81. The Morgan fingerprint density at radius 1 is 1.31 bits per heavy atom. The fraction of sp³-hybridized carbons (Fsp3) is 0.909. The summed E-state index contributed by atoms with van der Waals surface area (Å²) in [5.41, 5.74) is 0.315. The molecule has 0 aromatic rings. The molecule has 0 radical (unpaired) electrons. The van der Waals surface area contributed by atoms with E-state index in [0.29, 0.717) is 11.3 Å². The Morgan fingerprint density at radius 3 is 2.23 bits per heavy atom. The molecular weight excluding hydrogens is 160 g/mol. The van der Waals surface area contributed by atoms with E-state index in [2.05, 4.69) is 39.1 Å². The summed E-state index contributed by atoms with van der Waals surface area (Å²) in [6.45, 7) is 12.7. The minimum absolute atomic E-state index is 0.114. The highest BCUT2D eigenvalue weighted by molar-refractivity contribution is 4.82. The highest BCUT2D eigenvalue weighted by atomic mass is 14.9. The summed E-state index contributed by atoms with van der Waals surface area (Å²) in [6, 6.07) is 2.22. The molecule has 0 bridgehead atoms. The molecule has 76 valence electrons. The van der Waals surface area contributed by atoms with Crippen LogP contribution in [0.5, 0.6) is 0 Å². The molecule has 0 spiro atoms. The molecule has 0 amide bonds. The number of nitrogens with zero attached hydrogens (tertiary/aromatic N) is 1. The van der Waals surface area contributed by atoms with Gasteiger partial charge in [0.2, 0.25) is 0 Å². The maximum atomic E-state index is 8.58. The largest absolute Gasteiger partial charge is 0.315 e. The zero-order valence-electron chi connectivity index (χ0n) is 9.52. The number of nitrogens with one attached hydrogen (secondary N) is 1. The van der Waals surface area contributed by atoms with Crippen molar-refractivity contribution in [3.05, 3.63) is 0 Å². The second-order valence-electron chi connectivity index (χ2n) is 4.80. The fourth-order valence-electron chi connectivity index (χ4n) is 0.861. The average molecular weight is 182 g/mol. The highest BCUT2D eigenvalue weighted by Gasteiger charge is 2.21. The Hall–Kier alpha value is -0.550. The Kier molecular flexibility index (Phi) is 5.02. The normalized spacial score (nSPS) is 14.2. The zero-order valence-corrected chi connectivity index (χ0v) is 9.52. The number of hydrogen-bond acceptors (Lipinski definition) is 2. The van der Waals surface area contributed by atoms with E-state index in [4.69, 9.17) is 5.26 Å². The Labute approximate surface area is 82.3 Å². The molecular formula is C11H22N2. The molecule has 0 saturated carbocycles. The van der Waals surface area contributed by atoms with E-state index >= 15 is 0 Å². The van der Waals surface area contributed by atoms with Gasteiger partial charge in [-0.25, -0.2) is 0 Å². The van der Waals surface area contributed by atoms with Gasteiger partial charge in [-0.2, -0.15) is 5.26 Å². The summed E-state index contributed by atoms with van der Waals surface area (Å²) in [5.74, 6) is 0.778. The van der Waals surface area contributed by atoms with Crippen LogP contribution in [0, 0.1) is 28.6 Å². The van der Waals surface area contributed by atoms with Gasteiger partial charge < -0.3 is 5.32 Å². The van der Waals surface area contributed by atoms with Gasteiger partial charge in [-0.15, -0.1) is 0 Å². The van der Waals surface area contributed by atoms with E-state index in [1.807, 2.05) is 6.92 Å². The molecule has 1 unspecified atom stereocenters. The van der Waals surface area contributed by atoms with Gasteiger partial charge in [-0.1, -0.05) is 27.7 Å². The van der Waals surface area contributed by atoms with Crippen molar-refractivity contribution >= 4 is 0 Å². The molecule has 0 aliphatic heterocycles. The van der Waals surface area contributed by atoms with Crippen molar-refractivity contribution in [1.82, 2.24) is 5.32 Å². The monoisotopic (exact) mass is 182 g/mol. The van der Waals surface area contributed by atoms with Gasteiger partial charge in [0.25, 0.3) is 0 Å². The topological polar surface area (TPSA) is 35.8 Å². The van der Waals surface area contributed by atoms with Gasteiger partial charge in [0.1, 0.15) is 0 Å². The summed E-state index contributed by atoms with van der Waals surface area (Å²) in [5, 5.41) is 11.9. The molecule has 0 aliphatic rings. The molecule has 0 aromatic heterocycles. The summed E-state index contributed by atoms with van der Waals surface area (Å²) < 4.78 is 0. The Balaban J connectivity index is 3.71. The summed E-state index contributed by atoms with van der Waals surface area (Å²) in [6.07, 6.45) is 0. The highest BCUT2D eigenvalue weighted by Crippen LogP contribution is 2.24. The fourth-order valence-corrected chi connectivity index (χ4v) is 0.861. The molecule has 1 N–H and O–H groups in total. The molecule has 0 aromatic carbocycles. The van der Waals surface area contributed by atoms with E-state index < -0.39 is 0 Å².